The second-order valence-corrected chi connectivity index (χ2v) is 18.9. The van der Waals surface area contributed by atoms with Crippen LogP contribution in [0, 0.1) is 6.92 Å². The Hall–Kier alpha value is -4.72. The minimum atomic E-state index is -0.487. The van der Waals surface area contributed by atoms with Crippen molar-refractivity contribution in [2.75, 3.05) is 93.8 Å². The molecule has 0 radical (unpaired) electrons. The van der Waals surface area contributed by atoms with Crippen LogP contribution in [0.5, 0.6) is 0 Å². The third kappa shape index (κ3) is 13.9. The summed E-state index contributed by atoms with van der Waals surface area (Å²) in [5.41, 5.74) is 18.4. The molecule has 66 heavy (non-hydrogen) atoms. The number of nitrogen functional groups attached to an aromatic ring is 2. The van der Waals surface area contributed by atoms with E-state index in [1.54, 1.807) is 17.0 Å². The standard InChI is InChI=1S/C25H30ClN5O3S.C21H25N5OS.CH3O.Na/c1-25(2,3)34-24(33)31-14-12-30(13-15-31)17-6-4-16(5-7-17)10-11-28-22(32)21-20(27)18-8-9-19(26)29-23(18)35-21;1-14-2-7-17-18(22)19(28-21(17)25-14)20(27)24-9-8-15-3-5-16(6-4-15)26-12-10-23-11-13-26;1-2;/h4-9H,10-15,27H2,1-3H3,(H,28,32);2-7,23H,8-13,22H2,1H3,(H,24,27);1H3;/q;;-1;+1. The first kappa shape index (κ1) is 52.3. The number of pyridine rings is 2. The molecule has 0 aliphatic carbocycles. The van der Waals surface area contributed by atoms with Crippen molar-refractivity contribution in [3.8, 4) is 0 Å². The van der Waals surface area contributed by atoms with E-state index in [9.17, 15) is 14.4 Å². The first-order valence-corrected chi connectivity index (χ1v) is 23.6. The summed E-state index contributed by atoms with van der Waals surface area (Å²) >= 11 is 8.54. The monoisotopic (exact) mass is 964 g/mol. The van der Waals surface area contributed by atoms with Gasteiger partial charge in [0.05, 0.1) is 11.4 Å². The zero-order valence-electron chi connectivity index (χ0n) is 38.5. The van der Waals surface area contributed by atoms with Gasteiger partial charge in [-0.2, -0.15) is 7.11 Å². The number of ether oxygens (including phenoxy) is 1. The number of thiophene rings is 2. The molecule has 2 aliphatic heterocycles. The first-order chi connectivity index (χ1) is 31.2. The summed E-state index contributed by atoms with van der Waals surface area (Å²) in [6, 6.07) is 24.2. The Morgan fingerprint density at radius 1 is 0.712 bits per heavy atom. The average molecular weight is 966 g/mol. The summed E-state index contributed by atoms with van der Waals surface area (Å²) < 4.78 is 5.47. The number of benzene rings is 2. The topological polar surface area (TPSA) is 207 Å². The molecule has 15 nitrogen and oxygen atoms in total. The molecule has 7 N–H and O–H groups in total. The SMILES string of the molecule is CC(C)(C)OC(=O)N1CCN(c2ccc(CCNC(=O)c3sc4nc(Cl)ccc4c3N)cc2)CC1.C[O-].Cc1ccc2c(N)c(C(=O)NCCc3ccc(N4CCNCC4)cc3)sc2n1.[Na+]. The molecular weight excluding hydrogens is 907 g/mol. The maximum Gasteiger partial charge on any atom is 1.00 e. The van der Waals surface area contributed by atoms with Gasteiger partial charge >= 0.3 is 35.7 Å². The van der Waals surface area contributed by atoms with Crippen LogP contribution in [0.1, 0.15) is 56.9 Å². The van der Waals surface area contributed by atoms with Gasteiger partial charge in [0, 0.05) is 93.3 Å². The molecule has 346 valence electrons. The van der Waals surface area contributed by atoms with Crippen molar-refractivity contribution in [1.29, 1.82) is 0 Å². The van der Waals surface area contributed by atoms with Crippen LogP contribution in [0.15, 0.2) is 72.8 Å². The van der Waals surface area contributed by atoms with Crippen LogP contribution in [-0.2, 0) is 17.6 Å². The second kappa shape index (κ2) is 24.3. The van der Waals surface area contributed by atoms with Gasteiger partial charge in [0.2, 0.25) is 0 Å². The molecule has 2 aromatic carbocycles. The van der Waals surface area contributed by atoms with E-state index in [-0.39, 0.29) is 47.5 Å². The van der Waals surface area contributed by atoms with Crippen LogP contribution in [0.3, 0.4) is 0 Å². The number of hydrogen-bond donors (Lipinski definition) is 5. The molecule has 0 atom stereocenters. The molecule has 0 spiro atoms. The normalized spacial score (nSPS) is 13.8. The van der Waals surface area contributed by atoms with Crippen LogP contribution >= 0.6 is 34.3 Å². The van der Waals surface area contributed by atoms with Crippen molar-refractivity contribution >= 4 is 95.4 Å². The third-order valence-corrected chi connectivity index (χ3v) is 13.2. The maximum absolute atomic E-state index is 12.6. The molecule has 4 aromatic heterocycles. The van der Waals surface area contributed by atoms with E-state index in [4.69, 9.17) is 32.9 Å². The van der Waals surface area contributed by atoms with Crippen LogP contribution in [0.4, 0.5) is 27.5 Å². The summed E-state index contributed by atoms with van der Waals surface area (Å²) in [6.45, 7) is 15.6. The molecule has 0 unspecified atom stereocenters. The summed E-state index contributed by atoms with van der Waals surface area (Å²) in [4.78, 5) is 55.0. The van der Waals surface area contributed by atoms with Gasteiger partial charge in [0.25, 0.3) is 11.8 Å². The summed E-state index contributed by atoms with van der Waals surface area (Å²) in [5.74, 6) is -0.336. The van der Waals surface area contributed by atoms with Gasteiger partial charge < -0.3 is 52.0 Å². The van der Waals surface area contributed by atoms with Gasteiger partial charge in [-0.05, 0) is 100 Å². The molecule has 2 saturated heterocycles. The van der Waals surface area contributed by atoms with Crippen LogP contribution < -0.4 is 71.9 Å². The Labute approximate surface area is 421 Å². The number of rotatable bonds is 10. The van der Waals surface area contributed by atoms with Gasteiger partial charge in [0.15, 0.2) is 0 Å². The Morgan fingerprint density at radius 3 is 1.65 bits per heavy atom. The molecule has 0 saturated carbocycles. The minimum absolute atomic E-state index is 0. The fourth-order valence-corrected chi connectivity index (χ4v) is 9.61. The number of amides is 3. The summed E-state index contributed by atoms with van der Waals surface area (Å²) in [5, 5.41) is 19.5. The predicted octanol–water partition coefficient (Wildman–Crippen LogP) is 3.11. The smallest absolute Gasteiger partial charge is 0.857 e. The first-order valence-electron chi connectivity index (χ1n) is 21.6. The number of halogens is 1. The number of nitrogens with zero attached hydrogens (tertiary/aromatic N) is 5. The molecule has 0 bridgehead atoms. The van der Waals surface area contributed by atoms with E-state index >= 15 is 0 Å². The molecule has 2 aliphatic rings. The van der Waals surface area contributed by atoms with E-state index in [1.807, 2.05) is 39.8 Å². The van der Waals surface area contributed by atoms with Gasteiger partial charge in [-0.1, -0.05) is 35.9 Å². The number of aromatic nitrogens is 2. The quantitative estimate of drug-likeness (QED) is 0.0993. The van der Waals surface area contributed by atoms with Gasteiger partial charge in [-0.3, -0.25) is 9.59 Å². The van der Waals surface area contributed by atoms with Crippen molar-refractivity contribution < 1.29 is 53.8 Å². The maximum atomic E-state index is 12.6. The van der Waals surface area contributed by atoms with Crippen molar-refractivity contribution in [2.45, 2.75) is 46.1 Å². The number of nitrogens with two attached hydrogens (primary N) is 2. The van der Waals surface area contributed by atoms with E-state index in [1.165, 1.54) is 33.9 Å². The molecule has 6 heterocycles. The Kier molecular flexibility index (Phi) is 19.3. The van der Waals surface area contributed by atoms with Crippen LogP contribution in [0.25, 0.3) is 20.4 Å². The molecule has 6 aromatic rings. The van der Waals surface area contributed by atoms with E-state index in [0.717, 1.165) is 85.3 Å². The van der Waals surface area contributed by atoms with Crippen LogP contribution in [0.2, 0.25) is 5.15 Å². The van der Waals surface area contributed by atoms with Gasteiger partial charge in [-0.25, -0.2) is 14.8 Å². The van der Waals surface area contributed by atoms with Gasteiger partial charge in [-0.15, -0.1) is 22.7 Å². The van der Waals surface area contributed by atoms with E-state index in [0.29, 0.717) is 63.7 Å². The number of nitrogens with one attached hydrogen (secondary N) is 3. The number of anilines is 4. The number of piperazine rings is 2. The zero-order chi connectivity index (χ0) is 46.7. The van der Waals surface area contributed by atoms with Crippen LogP contribution in [-0.4, -0.2) is 111 Å². The molecular formula is C47H58ClN10NaO5S2. The predicted molar refractivity (Wildman–Crippen MR) is 264 cm³/mol. The molecule has 3 amide bonds. The number of carbonyl (C=O) groups is 3. The van der Waals surface area contributed by atoms with Gasteiger partial charge in [0.1, 0.15) is 30.2 Å². The average Bonchev–Trinajstić information content (AvgIpc) is 3.81. The zero-order valence-corrected chi connectivity index (χ0v) is 42.9. The largest absolute Gasteiger partial charge is 1.00 e. The second-order valence-electron chi connectivity index (χ2n) is 16.5. The van der Waals surface area contributed by atoms with Crippen molar-refractivity contribution in [3.05, 3.63) is 105 Å². The van der Waals surface area contributed by atoms with Crippen molar-refractivity contribution in [1.82, 2.24) is 30.8 Å². The third-order valence-electron chi connectivity index (χ3n) is 10.8. The minimum Gasteiger partial charge on any atom is -0.857 e. The fourth-order valence-electron chi connectivity index (χ4n) is 7.35. The Bertz CT molecular complexity index is 2560. The van der Waals surface area contributed by atoms with Crippen molar-refractivity contribution in [2.24, 2.45) is 0 Å². The summed E-state index contributed by atoms with van der Waals surface area (Å²) in [6.07, 6.45) is 1.23. The summed E-state index contributed by atoms with van der Waals surface area (Å²) in [7, 11) is 0.750. The number of carbonyl (C=O) groups excluding carboxylic acids is 3. The number of fused-ring (bicyclic) bond motifs is 2. The Morgan fingerprint density at radius 2 is 1.17 bits per heavy atom. The van der Waals surface area contributed by atoms with Crippen molar-refractivity contribution in [3.63, 3.8) is 0 Å². The van der Waals surface area contributed by atoms with E-state index in [2.05, 4.69) is 84.2 Å². The van der Waals surface area contributed by atoms with E-state index < -0.39 is 5.60 Å². The molecule has 2 fully saturated rings. The number of hydrogen-bond acceptors (Lipinski definition) is 14. The Balaban J connectivity index is 0.000000240. The fraction of sp³-hybridized carbons (Fsp3) is 0.383. The molecule has 8 rings (SSSR count). The number of aryl methyl sites for hydroxylation is 1. The molecule has 19 heteroatoms.